The molecule has 2 atom stereocenters. The molecule has 5 rings (SSSR count). The molecule has 1 saturated heterocycles. The first-order chi connectivity index (χ1) is 17.2. The van der Waals surface area contributed by atoms with Gasteiger partial charge in [0.2, 0.25) is 0 Å². The van der Waals surface area contributed by atoms with Gasteiger partial charge in [0, 0.05) is 0 Å². The predicted octanol–water partition coefficient (Wildman–Crippen LogP) is 4.41. The second-order valence-electron chi connectivity index (χ2n) is 9.03. The van der Waals surface area contributed by atoms with Crippen LogP contribution in [0.25, 0.3) is 0 Å². The molecular weight excluding hydrogens is 493 g/mol. The third kappa shape index (κ3) is 4.13. The van der Waals surface area contributed by atoms with E-state index in [0.717, 1.165) is 5.56 Å². The molecule has 4 aromatic carbocycles. The molecule has 0 spiro atoms. The van der Waals surface area contributed by atoms with E-state index in [1.807, 2.05) is 37.3 Å². The first-order valence-electron chi connectivity index (χ1n) is 12.2. The Labute approximate surface area is 210 Å². The fourth-order valence-corrected chi connectivity index (χ4v) is 17.2. The SMILES string of the molecule is CCOC(=O)[C@]1(c2ccccc2)C[C@H]([Ge]([c]2ccccc2)([c]2ccccc2)[c]2ccccc2)CO1. The molecular formula is C31H30GeO3. The number of carbonyl (C=O) groups excluding carboxylic acids is 1. The third-order valence-corrected chi connectivity index (χ3v) is 18.4. The van der Waals surface area contributed by atoms with Gasteiger partial charge in [0.15, 0.2) is 0 Å². The number of rotatable bonds is 7. The van der Waals surface area contributed by atoms with E-state index < -0.39 is 18.9 Å². The molecule has 0 radical (unpaired) electrons. The Balaban J connectivity index is 1.73. The van der Waals surface area contributed by atoms with Crippen LogP contribution in [0.4, 0.5) is 0 Å². The maximum atomic E-state index is 13.5. The molecule has 4 aromatic rings. The van der Waals surface area contributed by atoms with Crippen LogP contribution in [0.15, 0.2) is 121 Å². The van der Waals surface area contributed by atoms with Crippen LogP contribution >= 0.6 is 0 Å². The summed E-state index contributed by atoms with van der Waals surface area (Å²) in [6.45, 7) is 2.68. The molecule has 0 amide bonds. The Bertz CT molecular complexity index is 1150. The average Bonchev–Trinajstić information content (AvgIpc) is 3.39. The number of ether oxygens (including phenoxy) is 2. The zero-order valence-corrected chi connectivity index (χ0v) is 22.1. The molecule has 0 aliphatic carbocycles. The van der Waals surface area contributed by atoms with Gasteiger partial charge in [0.25, 0.3) is 0 Å². The molecule has 35 heavy (non-hydrogen) atoms. The Kier molecular flexibility index (Phi) is 6.89. The van der Waals surface area contributed by atoms with Gasteiger partial charge in [-0.15, -0.1) is 0 Å². The summed E-state index contributed by atoms with van der Waals surface area (Å²) in [4.78, 5) is 13.5. The first-order valence-corrected chi connectivity index (χ1v) is 16.6. The minimum atomic E-state index is -3.35. The van der Waals surface area contributed by atoms with Gasteiger partial charge in [-0.05, 0) is 0 Å². The van der Waals surface area contributed by atoms with Gasteiger partial charge in [0.1, 0.15) is 0 Å². The molecule has 0 unspecified atom stereocenters. The molecule has 1 aliphatic rings. The van der Waals surface area contributed by atoms with Crippen molar-refractivity contribution in [3.63, 3.8) is 0 Å². The monoisotopic (exact) mass is 524 g/mol. The average molecular weight is 523 g/mol. The molecule has 0 bridgehead atoms. The summed E-state index contributed by atoms with van der Waals surface area (Å²) in [7, 11) is 0. The number of carbonyl (C=O) groups is 1. The normalized spacial score (nSPS) is 19.9. The molecule has 3 nitrogen and oxygen atoms in total. The van der Waals surface area contributed by atoms with E-state index in [-0.39, 0.29) is 10.7 Å². The zero-order valence-electron chi connectivity index (χ0n) is 20.0. The quantitative estimate of drug-likeness (QED) is 0.266. The molecule has 0 saturated carbocycles. The van der Waals surface area contributed by atoms with Crippen molar-refractivity contribution in [3.8, 4) is 0 Å². The fraction of sp³-hybridized carbons (Fsp3) is 0.194. The van der Waals surface area contributed by atoms with Crippen molar-refractivity contribution in [2.75, 3.05) is 13.2 Å². The second-order valence-corrected chi connectivity index (χ2v) is 17.8. The standard InChI is InChI=1S/C31H30GeO3/c1-2-34-30(33)31(25-15-7-3-8-16-25)23-29(24-35-31)32(26-17-9-4-10-18-26,27-19-11-5-12-20-27)28-21-13-6-14-22-28/h3-22,29H,2,23-24H2,1H3/t29-,31+/m0/s1. The summed E-state index contributed by atoms with van der Waals surface area (Å²) in [6.07, 6.45) is 0.592. The zero-order chi connectivity index (χ0) is 24.1. The van der Waals surface area contributed by atoms with Gasteiger partial charge >= 0.3 is 210 Å². The molecule has 1 aliphatic heterocycles. The summed E-state index contributed by atoms with van der Waals surface area (Å²) in [6, 6.07) is 42.5. The van der Waals surface area contributed by atoms with Crippen LogP contribution in [0.1, 0.15) is 18.9 Å². The van der Waals surface area contributed by atoms with Crippen LogP contribution < -0.4 is 13.2 Å². The Morgan fingerprint density at radius 2 is 1.20 bits per heavy atom. The number of esters is 1. The van der Waals surface area contributed by atoms with Crippen molar-refractivity contribution >= 4 is 32.4 Å². The third-order valence-electron chi connectivity index (χ3n) is 7.21. The minimum absolute atomic E-state index is 0.173. The topological polar surface area (TPSA) is 35.5 Å². The van der Waals surface area contributed by atoms with Gasteiger partial charge in [-0.2, -0.15) is 0 Å². The number of hydrogen-bond donors (Lipinski definition) is 0. The maximum absolute atomic E-state index is 13.5. The van der Waals surface area contributed by atoms with Gasteiger partial charge in [-0.3, -0.25) is 0 Å². The molecule has 176 valence electrons. The molecule has 1 fully saturated rings. The number of benzene rings is 4. The summed E-state index contributed by atoms with van der Waals surface area (Å²) >= 11 is -3.35. The summed E-state index contributed by atoms with van der Waals surface area (Å²) < 4.78 is 16.5. The van der Waals surface area contributed by atoms with Gasteiger partial charge < -0.3 is 0 Å². The van der Waals surface area contributed by atoms with Crippen LogP contribution in [0, 0.1) is 0 Å². The summed E-state index contributed by atoms with van der Waals surface area (Å²) in [5.41, 5.74) is -0.233. The van der Waals surface area contributed by atoms with Crippen molar-refractivity contribution < 1.29 is 14.3 Å². The van der Waals surface area contributed by atoms with Crippen molar-refractivity contribution in [2.24, 2.45) is 0 Å². The van der Waals surface area contributed by atoms with Gasteiger partial charge in [-0.25, -0.2) is 0 Å². The van der Waals surface area contributed by atoms with E-state index in [1.54, 1.807) is 0 Å². The predicted molar refractivity (Wildman–Crippen MR) is 143 cm³/mol. The van der Waals surface area contributed by atoms with E-state index in [2.05, 4.69) is 91.0 Å². The Morgan fingerprint density at radius 3 is 1.63 bits per heavy atom. The van der Waals surface area contributed by atoms with Crippen LogP contribution in [-0.2, 0) is 19.9 Å². The van der Waals surface area contributed by atoms with E-state index in [0.29, 0.717) is 19.6 Å². The van der Waals surface area contributed by atoms with E-state index in [9.17, 15) is 4.79 Å². The Morgan fingerprint density at radius 1 is 0.771 bits per heavy atom. The summed E-state index contributed by atoms with van der Waals surface area (Å²) in [5, 5.41) is 0. The van der Waals surface area contributed by atoms with Crippen molar-refractivity contribution in [1.29, 1.82) is 0 Å². The van der Waals surface area contributed by atoms with E-state index in [1.165, 1.54) is 13.2 Å². The number of hydrogen-bond acceptors (Lipinski definition) is 3. The summed E-state index contributed by atoms with van der Waals surface area (Å²) in [5.74, 6) is -0.292. The van der Waals surface area contributed by atoms with Crippen molar-refractivity contribution in [1.82, 2.24) is 0 Å². The van der Waals surface area contributed by atoms with Crippen molar-refractivity contribution in [3.05, 3.63) is 127 Å². The molecule has 0 N–H and O–H groups in total. The van der Waals surface area contributed by atoms with Crippen molar-refractivity contribution in [2.45, 2.75) is 23.7 Å². The fourth-order valence-electron chi connectivity index (χ4n) is 5.71. The van der Waals surface area contributed by atoms with E-state index >= 15 is 0 Å². The van der Waals surface area contributed by atoms with Gasteiger partial charge in [-0.1, -0.05) is 0 Å². The van der Waals surface area contributed by atoms with Gasteiger partial charge in [0.05, 0.1) is 0 Å². The Hall–Kier alpha value is -3.15. The molecule has 1 heterocycles. The van der Waals surface area contributed by atoms with Crippen LogP contribution in [0.2, 0.25) is 4.75 Å². The van der Waals surface area contributed by atoms with Crippen LogP contribution in [-0.4, -0.2) is 32.4 Å². The van der Waals surface area contributed by atoms with Crippen LogP contribution in [0.3, 0.4) is 0 Å². The first kappa shape index (κ1) is 23.6. The molecule has 4 heteroatoms. The van der Waals surface area contributed by atoms with Crippen LogP contribution in [0.5, 0.6) is 0 Å². The second kappa shape index (κ2) is 10.2. The van der Waals surface area contributed by atoms with E-state index in [4.69, 9.17) is 9.47 Å². The molecule has 0 aromatic heterocycles.